The molecule has 0 saturated heterocycles. The third kappa shape index (κ3) is 3.66. The number of hydrogen-bond donors (Lipinski definition) is 2. The van der Waals surface area contributed by atoms with E-state index in [2.05, 4.69) is 15.6 Å². The van der Waals surface area contributed by atoms with E-state index >= 15 is 0 Å². The topological polar surface area (TPSA) is 120 Å². The summed E-state index contributed by atoms with van der Waals surface area (Å²) in [6.45, 7) is -0.157. The standard InChI is InChI=1S/C17H11N3O5S.Li/c21-13-7-25-14-9(2-1-3-11(14)19-13)15(22)18-8-4-5-10-12(6-8)26-16(20-10)17(23)24;/h1-6H,7H2,(H,18,22)(H,19,21)(H,23,24);/q;+1/p-1. The Hall–Kier alpha value is -2.86. The van der Waals surface area contributed by atoms with Gasteiger partial charge in [0.15, 0.2) is 12.4 Å². The minimum absolute atomic E-state index is 0. The van der Waals surface area contributed by atoms with Crippen molar-refractivity contribution in [1.29, 1.82) is 0 Å². The molecule has 130 valence electrons. The fourth-order valence-electron chi connectivity index (χ4n) is 2.58. The summed E-state index contributed by atoms with van der Waals surface area (Å²) in [5.41, 5.74) is 1.71. The number of anilines is 2. The van der Waals surface area contributed by atoms with Gasteiger partial charge in [-0.2, -0.15) is 0 Å². The van der Waals surface area contributed by atoms with Crippen molar-refractivity contribution in [2.75, 3.05) is 17.2 Å². The van der Waals surface area contributed by atoms with Gasteiger partial charge in [0.2, 0.25) is 0 Å². The number of aromatic carboxylic acids is 1. The van der Waals surface area contributed by atoms with E-state index in [-0.39, 0.29) is 41.9 Å². The molecule has 0 radical (unpaired) electrons. The van der Waals surface area contributed by atoms with Crippen LogP contribution in [0.3, 0.4) is 0 Å². The number of amides is 2. The fraction of sp³-hybridized carbons (Fsp3) is 0.0588. The van der Waals surface area contributed by atoms with Crippen LogP contribution in [-0.2, 0) is 4.79 Å². The van der Waals surface area contributed by atoms with Crippen LogP contribution in [0.15, 0.2) is 36.4 Å². The third-order valence-corrected chi connectivity index (χ3v) is 4.70. The van der Waals surface area contributed by atoms with Gasteiger partial charge in [0.25, 0.3) is 11.8 Å². The van der Waals surface area contributed by atoms with Crippen molar-refractivity contribution < 1.29 is 43.1 Å². The summed E-state index contributed by atoms with van der Waals surface area (Å²) >= 11 is 0.969. The van der Waals surface area contributed by atoms with E-state index in [1.165, 1.54) is 0 Å². The number of thiazole rings is 1. The summed E-state index contributed by atoms with van der Waals surface area (Å²) in [7, 11) is 0. The first-order valence-corrected chi connectivity index (χ1v) is 8.32. The van der Waals surface area contributed by atoms with Crippen LogP contribution in [0.5, 0.6) is 5.75 Å². The van der Waals surface area contributed by atoms with Gasteiger partial charge in [-0.3, -0.25) is 9.59 Å². The third-order valence-electron chi connectivity index (χ3n) is 3.70. The first kappa shape index (κ1) is 18.9. The largest absolute Gasteiger partial charge is 1.00 e. The van der Waals surface area contributed by atoms with Crippen LogP contribution >= 0.6 is 11.3 Å². The maximum atomic E-state index is 12.6. The molecule has 1 aliphatic rings. The van der Waals surface area contributed by atoms with E-state index in [0.29, 0.717) is 27.3 Å². The summed E-state index contributed by atoms with van der Waals surface area (Å²) in [5.74, 6) is -1.73. The molecular weight excluding hydrogens is 365 g/mol. The molecule has 0 saturated carbocycles. The zero-order valence-electron chi connectivity index (χ0n) is 14.1. The Labute approximate surface area is 168 Å². The molecule has 0 atom stereocenters. The van der Waals surface area contributed by atoms with Gasteiger partial charge in [0.1, 0.15) is 11.0 Å². The Kier molecular flexibility index (Phi) is 5.19. The van der Waals surface area contributed by atoms with Gasteiger partial charge in [-0.25, -0.2) is 4.98 Å². The summed E-state index contributed by atoms with van der Waals surface area (Å²) in [4.78, 5) is 38.8. The molecule has 0 unspecified atom stereocenters. The summed E-state index contributed by atoms with van der Waals surface area (Å²) in [6, 6.07) is 9.75. The first-order chi connectivity index (χ1) is 12.5. The zero-order valence-corrected chi connectivity index (χ0v) is 14.9. The summed E-state index contributed by atoms with van der Waals surface area (Å²) in [5, 5.41) is 16.2. The minimum Gasteiger partial charge on any atom is -0.542 e. The molecule has 2 heterocycles. The molecule has 1 aliphatic heterocycles. The van der Waals surface area contributed by atoms with Gasteiger partial charge >= 0.3 is 18.9 Å². The maximum absolute atomic E-state index is 12.6. The van der Waals surface area contributed by atoms with E-state index < -0.39 is 11.9 Å². The van der Waals surface area contributed by atoms with E-state index in [9.17, 15) is 19.5 Å². The molecule has 27 heavy (non-hydrogen) atoms. The molecule has 0 aliphatic carbocycles. The second-order valence-electron chi connectivity index (χ2n) is 5.46. The quantitative estimate of drug-likeness (QED) is 0.524. The number of para-hydroxylation sites is 1. The monoisotopic (exact) mass is 375 g/mol. The SMILES string of the molecule is O=C1COc2c(cccc2C(=O)Nc2ccc3nc(C(=O)[O-])sc3c2)N1.[Li+]. The molecule has 4 rings (SSSR count). The second kappa shape index (κ2) is 7.40. The number of carboxylic acids is 1. The molecule has 10 heteroatoms. The second-order valence-corrected chi connectivity index (χ2v) is 6.49. The Bertz CT molecular complexity index is 1080. The van der Waals surface area contributed by atoms with Crippen LogP contribution < -0.4 is 39.3 Å². The number of ether oxygens (including phenoxy) is 1. The Morgan fingerprint density at radius 1 is 1.26 bits per heavy atom. The van der Waals surface area contributed by atoms with Crippen LogP contribution in [0, 0.1) is 0 Å². The fourth-order valence-corrected chi connectivity index (χ4v) is 3.42. The van der Waals surface area contributed by atoms with Crippen molar-refractivity contribution in [3.8, 4) is 5.75 Å². The Morgan fingerprint density at radius 3 is 2.85 bits per heavy atom. The van der Waals surface area contributed by atoms with Crippen LogP contribution in [0.1, 0.15) is 20.2 Å². The molecule has 0 fully saturated rings. The van der Waals surface area contributed by atoms with Crippen LogP contribution in [0.4, 0.5) is 11.4 Å². The van der Waals surface area contributed by atoms with E-state index in [4.69, 9.17) is 4.74 Å². The number of carboxylic acid groups (broad SMARTS) is 1. The van der Waals surface area contributed by atoms with Gasteiger partial charge < -0.3 is 25.3 Å². The molecule has 2 N–H and O–H groups in total. The maximum Gasteiger partial charge on any atom is 1.00 e. The zero-order chi connectivity index (χ0) is 18.3. The van der Waals surface area contributed by atoms with E-state index in [1.54, 1.807) is 36.4 Å². The molecule has 8 nitrogen and oxygen atoms in total. The number of benzene rings is 2. The van der Waals surface area contributed by atoms with Gasteiger partial charge in [0, 0.05) is 5.69 Å². The number of nitrogens with one attached hydrogen (secondary N) is 2. The predicted molar refractivity (Wildman–Crippen MR) is 92.5 cm³/mol. The van der Waals surface area contributed by atoms with Crippen LogP contribution in [0.25, 0.3) is 10.2 Å². The van der Waals surface area contributed by atoms with E-state index in [0.717, 1.165) is 11.3 Å². The smallest absolute Gasteiger partial charge is 0.542 e. The molecule has 2 amide bonds. The summed E-state index contributed by atoms with van der Waals surface area (Å²) < 4.78 is 5.98. The normalized spacial score (nSPS) is 12.4. The van der Waals surface area contributed by atoms with Crippen molar-refractivity contribution in [2.45, 2.75) is 0 Å². The Morgan fingerprint density at radius 2 is 2.07 bits per heavy atom. The molecule has 2 aromatic carbocycles. The molecule has 1 aromatic heterocycles. The van der Waals surface area contributed by atoms with Gasteiger partial charge in [-0.1, -0.05) is 6.07 Å². The number of carbonyl (C=O) groups excluding carboxylic acids is 3. The van der Waals surface area contributed by atoms with Gasteiger partial charge in [-0.15, -0.1) is 11.3 Å². The minimum atomic E-state index is -1.34. The number of fused-ring (bicyclic) bond motifs is 2. The van der Waals surface area contributed by atoms with E-state index in [1.807, 2.05) is 0 Å². The molecule has 0 bridgehead atoms. The van der Waals surface area contributed by atoms with Crippen molar-refractivity contribution in [1.82, 2.24) is 4.98 Å². The average molecular weight is 375 g/mol. The van der Waals surface area contributed by atoms with Crippen molar-refractivity contribution in [3.63, 3.8) is 0 Å². The molecular formula is C17H10LiN3O5S. The number of rotatable bonds is 3. The number of aromatic nitrogens is 1. The van der Waals surface area contributed by atoms with Gasteiger partial charge in [0.05, 0.1) is 21.5 Å². The first-order valence-electron chi connectivity index (χ1n) is 7.50. The van der Waals surface area contributed by atoms with Gasteiger partial charge in [-0.05, 0) is 30.3 Å². The number of hydrogen-bond acceptors (Lipinski definition) is 7. The van der Waals surface area contributed by atoms with Crippen LogP contribution in [-0.4, -0.2) is 29.4 Å². The Balaban J connectivity index is 0.00000210. The number of nitrogens with zero attached hydrogens (tertiary/aromatic N) is 1. The molecule has 0 spiro atoms. The molecule has 3 aromatic rings. The summed E-state index contributed by atoms with van der Waals surface area (Å²) in [6.07, 6.45) is 0. The van der Waals surface area contributed by atoms with Crippen molar-refractivity contribution in [2.24, 2.45) is 0 Å². The number of carbonyl (C=O) groups is 3. The average Bonchev–Trinajstić information content (AvgIpc) is 3.04. The predicted octanol–water partition coefficient (Wildman–Crippen LogP) is -1.75. The van der Waals surface area contributed by atoms with Crippen molar-refractivity contribution in [3.05, 3.63) is 47.0 Å². The van der Waals surface area contributed by atoms with Crippen molar-refractivity contribution >= 4 is 50.7 Å². The van der Waals surface area contributed by atoms with Crippen LogP contribution in [0.2, 0.25) is 0 Å².